The number of nitrogens with one attached hydrogen (secondary N) is 1. The second-order valence-corrected chi connectivity index (χ2v) is 8.93. The third-order valence-corrected chi connectivity index (χ3v) is 6.66. The maximum absolute atomic E-state index is 13.1. The van der Waals surface area contributed by atoms with Gasteiger partial charge in [-0.1, -0.05) is 18.6 Å². The average Bonchev–Trinajstić information content (AvgIpc) is 3.54. The Morgan fingerprint density at radius 3 is 2.50 bits per heavy atom. The molecule has 0 aliphatic heterocycles. The Morgan fingerprint density at radius 2 is 1.83 bits per heavy atom. The number of carbonyl (C=O) groups excluding carboxylic acids is 2. The molecule has 0 bridgehead atoms. The van der Waals surface area contributed by atoms with Crippen LogP contribution >= 0.6 is 0 Å². The van der Waals surface area contributed by atoms with E-state index in [1.165, 1.54) is 4.90 Å². The number of benzene rings is 2. The summed E-state index contributed by atoms with van der Waals surface area (Å²) in [7, 11) is 1.66. The van der Waals surface area contributed by atoms with Gasteiger partial charge in [-0.3, -0.25) is 14.0 Å². The first-order chi connectivity index (χ1) is 17.4. The zero-order chi connectivity index (χ0) is 25.2. The maximum atomic E-state index is 13.1. The van der Waals surface area contributed by atoms with Gasteiger partial charge >= 0.3 is 0 Å². The lowest BCUT2D eigenvalue weighted by Gasteiger charge is -2.17. The number of nitrogens with zero attached hydrogens (tertiary/aromatic N) is 5. The quantitative estimate of drug-likeness (QED) is 0.450. The molecule has 1 aliphatic rings. The topological polar surface area (TPSA) is 129 Å². The first-order valence-electron chi connectivity index (χ1n) is 11.7. The monoisotopic (exact) mass is 479 g/mol. The third-order valence-electron chi connectivity index (χ3n) is 6.66. The second-order valence-electron chi connectivity index (χ2n) is 8.93. The lowest BCUT2D eigenvalue weighted by Crippen LogP contribution is -2.34. The Bertz CT molecular complexity index is 1470. The van der Waals surface area contributed by atoms with Gasteiger partial charge in [-0.2, -0.15) is 5.26 Å². The molecule has 9 heteroatoms. The first-order valence-corrected chi connectivity index (χ1v) is 11.7. The number of hydrogen-bond donors (Lipinski definition) is 2. The van der Waals surface area contributed by atoms with Crippen LogP contribution < -0.4 is 16.0 Å². The molecule has 0 saturated heterocycles. The van der Waals surface area contributed by atoms with Crippen molar-refractivity contribution in [2.75, 3.05) is 17.3 Å². The van der Waals surface area contributed by atoms with Crippen molar-refractivity contribution < 1.29 is 9.59 Å². The van der Waals surface area contributed by atoms with Gasteiger partial charge in [-0.05, 0) is 49.2 Å². The van der Waals surface area contributed by atoms with Crippen LogP contribution in [0, 0.1) is 17.2 Å². The summed E-state index contributed by atoms with van der Waals surface area (Å²) in [5.41, 5.74) is 10.5. The fraction of sp³-hybridized carbons (Fsp3) is 0.222. The highest BCUT2D eigenvalue weighted by molar-refractivity contribution is 6.04. The molecular weight excluding hydrogens is 454 g/mol. The Kier molecular flexibility index (Phi) is 6.19. The molecule has 0 unspecified atom stereocenters. The van der Waals surface area contributed by atoms with E-state index >= 15 is 0 Å². The largest absolute Gasteiger partial charge is 0.327 e. The van der Waals surface area contributed by atoms with Gasteiger partial charge in [-0.15, -0.1) is 0 Å². The van der Waals surface area contributed by atoms with Gasteiger partial charge in [0, 0.05) is 36.2 Å². The molecule has 0 spiro atoms. The van der Waals surface area contributed by atoms with E-state index in [-0.39, 0.29) is 29.5 Å². The molecule has 3 N–H and O–H groups in total. The molecule has 2 aromatic carbocycles. The summed E-state index contributed by atoms with van der Waals surface area (Å²) < 4.78 is 1.82. The van der Waals surface area contributed by atoms with Gasteiger partial charge in [0.2, 0.25) is 5.91 Å². The Labute approximate surface area is 208 Å². The number of aromatic nitrogens is 3. The van der Waals surface area contributed by atoms with Crippen molar-refractivity contribution in [1.29, 1.82) is 5.26 Å². The number of rotatable bonds is 5. The number of carbonyl (C=O) groups is 2. The molecule has 36 heavy (non-hydrogen) atoms. The molecule has 2 aromatic heterocycles. The highest BCUT2D eigenvalue weighted by Gasteiger charge is 2.30. The molecule has 9 nitrogen and oxygen atoms in total. The van der Waals surface area contributed by atoms with E-state index in [1.54, 1.807) is 49.9 Å². The van der Waals surface area contributed by atoms with E-state index < -0.39 is 0 Å². The average molecular weight is 480 g/mol. The van der Waals surface area contributed by atoms with Gasteiger partial charge in [-0.25, -0.2) is 9.97 Å². The number of amides is 2. The van der Waals surface area contributed by atoms with Crippen LogP contribution in [0.4, 0.5) is 11.4 Å². The van der Waals surface area contributed by atoms with E-state index in [1.807, 2.05) is 28.7 Å². The molecule has 180 valence electrons. The Hall–Kier alpha value is -4.55. The molecule has 1 aliphatic carbocycles. The van der Waals surface area contributed by atoms with Gasteiger partial charge < -0.3 is 16.0 Å². The van der Waals surface area contributed by atoms with Crippen molar-refractivity contribution in [3.63, 3.8) is 0 Å². The lowest BCUT2D eigenvalue weighted by molar-refractivity contribution is -0.120. The van der Waals surface area contributed by atoms with Crippen LogP contribution in [0.2, 0.25) is 0 Å². The summed E-state index contributed by atoms with van der Waals surface area (Å²) >= 11 is 0. The minimum Gasteiger partial charge on any atom is -0.327 e. The molecule has 4 aromatic rings. The molecule has 5 rings (SSSR count). The van der Waals surface area contributed by atoms with Gasteiger partial charge in [0.15, 0.2) is 5.65 Å². The molecule has 0 radical (unpaired) electrons. The predicted octanol–water partition coefficient (Wildman–Crippen LogP) is 3.61. The molecule has 2 amide bonds. The van der Waals surface area contributed by atoms with Crippen molar-refractivity contribution in [2.24, 2.45) is 11.7 Å². The SMILES string of the molecule is CN(C(=O)c1cn2c(-c3ccc(NC(=O)[C@H]4CCC[C@H]4N)cc3)cnc2cn1)c1ccc(C#N)cc1. The zero-order valence-electron chi connectivity index (χ0n) is 19.8. The summed E-state index contributed by atoms with van der Waals surface area (Å²) in [6.45, 7) is 0. The van der Waals surface area contributed by atoms with Crippen LogP contribution in [0.1, 0.15) is 35.3 Å². The fourth-order valence-corrected chi connectivity index (χ4v) is 4.54. The van der Waals surface area contributed by atoms with Gasteiger partial charge in [0.25, 0.3) is 5.91 Å². The molecule has 2 atom stereocenters. The van der Waals surface area contributed by atoms with E-state index in [0.717, 1.165) is 30.5 Å². The van der Waals surface area contributed by atoms with Crippen molar-refractivity contribution in [2.45, 2.75) is 25.3 Å². The highest BCUT2D eigenvalue weighted by atomic mass is 16.2. The summed E-state index contributed by atoms with van der Waals surface area (Å²) in [6, 6.07) is 16.3. The number of fused-ring (bicyclic) bond motifs is 1. The number of nitriles is 1. The van der Waals surface area contributed by atoms with Gasteiger partial charge in [0.05, 0.1) is 35.6 Å². The summed E-state index contributed by atoms with van der Waals surface area (Å²) in [5.74, 6) is -0.470. The second kappa shape index (κ2) is 9.60. The van der Waals surface area contributed by atoms with Crippen molar-refractivity contribution in [1.82, 2.24) is 14.4 Å². The van der Waals surface area contributed by atoms with Crippen LogP contribution in [-0.2, 0) is 4.79 Å². The minimum atomic E-state index is -0.288. The zero-order valence-corrected chi connectivity index (χ0v) is 19.8. The smallest absolute Gasteiger partial charge is 0.278 e. The van der Waals surface area contributed by atoms with Crippen molar-refractivity contribution in [3.05, 3.63) is 78.4 Å². The predicted molar refractivity (Wildman–Crippen MR) is 136 cm³/mol. The molecule has 2 heterocycles. The lowest BCUT2D eigenvalue weighted by atomic mass is 10.0. The summed E-state index contributed by atoms with van der Waals surface area (Å²) in [5, 5.41) is 12.0. The Balaban J connectivity index is 1.36. The third kappa shape index (κ3) is 4.42. The standard InChI is InChI=1S/C27H25N7O2/c1-33(20-11-5-17(13-28)6-12-20)27(36)23-16-34-24(14-31-25(34)15-30-23)18-7-9-19(10-8-18)32-26(35)21-3-2-4-22(21)29/h5-12,14-16,21-22H,2-4,29H2,1H3,(H,32,35)/t21-,22+/m0/s1. The van der Waals surface area contributed by atoms with E-state index in [4.69, 9.17) is 11.0 Å². The van der Waals surface area contributed by atoms with Crippen LogP contribution in [0.25, 0.3) is 16.9 Å². The summed E-state index contributed by atoms with van der Waals surface area (Å²) in [6.07, 6.45) is 7.63. The van der Waals surface area contributed by atoms with E-state index in [9.17, 15) is 9.59 Å². The normalized spacial score (nSPS) is 17.0. The van der Waals surface area contributed by atoms with Gasteiger partial charge in [0.1, 0.15) is 5.69 Å². The van der Waals surface area contributed by atoms with E-state index in [0.29, 0.717) is 22.6 Å². The first kappa shape index (κ1) is 23.2. The fourth-order valence-electron chi connectivity index (χ4n) is 4.54. The number of nitrogens with two attached hydrogens (primary N) is 1. The van der Waals surface area contributed by atoms with Crippen LogP contribution in [-0.4, -0.2) is 39.3 Å². The van der Waals surface area contributed by atoms with Crippen LogP contribution in [0.5, 0.6) is 0 Å². The highest BCUT2D eigenvalue weighted by Crippen LogP contribution is 2.27. The number of anilines is 2. The van der Waals surface area contributed by atoms with E-state index in [2.05, 4.69) is 21.4 Å². The maximum Gasteiger partial charge on any atom is 0.278 e. The van der Waals surface area contributed by atoms with Crippen LogP contribution in [0.3, 0.4) is 0 Å². The van der Waals surface area contributed by atoms with Crippen molar-refractivity contribution >= 4 is 28.8 Å². The number of hydrogen-bond acceptors (Lipinski definition) is 6. The Morgan fingerprint density at radius 1 is 1.08 bits per heavy atom. The summed E-state index contributed by atoms with van der Waals surface area (Å²) in [4.78, 5) is 35.8. The minimum absolute atomic E-state index is 0.0387. The number of imidazole rings is 1. The molecular formula is C27H25N7O2. The van der Waals surface area contributed by atoms with Crippen LogP contribution in [0.15, 0.2) is 67.1 Å². The van der Waals surface area contributed by atoms with Crippen molar-refractivity contribution in [3.8, 4) is 17.3 Å². The molecule has 1 saturated carbocycles. The molecule has 1 fully saturated rings.